The van der Waals surface area contributed by atoms with Crippen LogP contribution in [0, 0.1) is 0 Å². The molecule has 13 heavy (non-hydrogen) atoms. The van der Waals surface area contributed by atoms with Crippen LogP contribution >= 0.6 is 0 Å². The molecule has 1 fully saturated rings. The van der Waals surface area contributed by atoms with Crippen molar-refractivity contribution in [2.75, 3.05) is 0 Å². The van der Waals surface area contributed by atoms with Crippen LogP contribution in [0.3, 0.4) is 0 Å². The molecular formula is C12H11N. The molecule has 1 N–H and O–H groups in total. The van der Waals surface area contributed by atoms with Gasteiger partial charge in [-0.1, -0.05) is 17.9 Å². The van der Waals surface area contributed by atoms with E-state index in [1.54, 1.807) is 0 Å². The number of hydrogen-bond acceptors (Lipinski definition) is 1. The summed E-state index contributed by atoms with van der Waals surface area (Å²) in [5.74, 6) is 0. The zero-order valence-electron chi connectivity index (χ0n) is 7.43. The maximum Gasteiger partial charge on any atom is 0.0819 e. The maximum absolute atomic E-state index is 3.42. The molecule has 0 saturated heterocycles. The summed E-state index contributed by atoms with van der Waals surface area (Å²) in [6.45, 7) is 0. The first kappa shape index (κ1) is 6.99. The lowest BCUT2D eigenvalue weighted by Gasteiger charge is -2.21. The van der Waals surface area contributed by atoms with Gasteiger partial charge in [-0.3, -0.25) is 0 Å². The van der Waals surface area contributed by atoms with E-state index in [2.05, 4.69) is 35.5 Å². The van der Waals surface area contributed by atoms with E-state index in [4.69, 9.17) is 0 Å². The Morgan fingerprint density at radius 1 is 1.23 bits per heavy atom. The summed E-state index contributed by atoms with van der Waals surface area (Å²) in [6, 6.07) is 0. The minimum absolute atomic E-state index is 1.09. The SMILES string of the molecule is C1=C2C=CC=C3CCCC(=CN2)C=13. The fraction of sp³-hybridized carbons (Fsp3) is 0.250. The van der Waals surface area contributed by atoms with Crippen molar-refractivity contribution in [1.82, 2.24) is 5.32 Å². The summed E-state index contributed by atoms with van der Waals surface area (Å²) in [4.78, 5) is 0. The van der Waals surface area contributed by atoms with E-state index in [1.165, 1.54) is 36.0 Å². The summed E-state index contributed by atoms with van der Waals surface area (Å²) in [7, 11) is 0. The van der Waals surface area contributed by atoms with Gasteiger partial charge in [0, 0.05) is 11.8 Å². The third-order valence-corrected chi connectivity index (χ3v) is 2.76. The molecule has 2 bridgehead atoms. The lowest BCUT2D eigenvalue weighted by atomic mass is 9.85. The molecule has 1 nitrogen and oxygen atoms in total. The summed E-state index contributed by atoms with van der Waals surface area (Å²) in [5, 5.41) is 3.25. The van der Waals surface area contributed by atoms with Crippen LogP contribution in [0.5, 0.6) is 0 Å². The van der Waals surface area contributed by atoms with Crippen LogP contribution in [-0.2, 0) is 0 Å². The van der Waals surface area contributed by atoms with Crippen molar-refractivity contribution in [2.45, 2.75) is 19.3 Å². The first-order chi connectivity index (χ1) is 6.43. The van der Waals surface area contributed by atoms with E-state index in [9.17, 15) is 0 Å². The molecular weight excluding hydrogens is 158 g/mol. The van der Waals surface area contributed by atoms with Crippen LogP contribution in [0.25, 0.3) is 0 Å². The molecule has 0 amide bonds. The fourth-order valence-electron chi connectivity index (χ4n) is 2.08. The molecule has 1 saturated carbocycles. The quantitative estimate of drug-likeness (QED) is 0.549. The molecule has 0 radical (unpaired) electrons. The fourth-order valence-corrected chi connectivity index (χ4v) is 2.08. The van der Waals surface area contributed by atoms with Gasteiger partial charge in [-0.15, -0.1) is 0 Å². The largest absolute Gasteiger partial charge is 0.355 e. The van der Waals surface area contributed by atoms with Gasteiger partial charge in [-0.25, -0.2) is 0 Å². The van der Waals surface area contributed by atoms with Crippen molar-refractivity contribution in [3.63, 3.8) is 0 Å². The standard InChI is InChI=1S/C12H11N/c1-3-9-4-2-6-11-7-12(9)10(5-1)8-13-11/h2,4,6,8,13H,1,3,5H2. The predicted molar refractivity (Wildman–Crippen MR) is 52.8 cm³/mol. The number of nitrogens with one attached hydrogen (secondary N) is 1. The molecule has 0 aromatic heterocycles. The van der Waals surface area contributed by atoms with Gasteiger partial charge in [0.15, 0.2) is 0 Å². The van der Waals surface area contributed by atoms with Gasteiger partial charge in [0.2, 0.25) is 0 Å². The highest BCUT2D eigenvalue weighted by molar-refractivity contribution is 5.54. The van der Waals surface area contributed by atoms with Gasteiger partial charge in [-0.2, -0.15) is 0 Å². The van der Waals surface area contributed by atoms with Gasteiger partial charge in [0.1, 0.15) is 0 Å². The minimum atomic E-state index is 1.09. The van der Waals surface area contributed by atoms with Crippen molar-refractivity contribution in [1.29, 1.82) is 0 Å². The molecule has 3 aliphatic rings. The molecule has 3 rings (SSSR count). The lowest BCUT2D eigenvalue weighted by molar-refractivity contribution is 0.763. The Labute approximate surface area is 77.8 Å². The first-order valence-corrected chi connectivity index (χ1v) is 4.78. The van der Waals surface area contributed by atoms with Crippen LogP contribution in [-0.4, -0.2) is 0 Å². The molecule has 1 aliphatic heterocycles. The van der Waals surface area contributed by atoms with Crippen molar-refractivity contribution in [2.24, 2.45) is 0 Å². The predicted octanol–water partition coefficient (Wildman–Crippen LogP) is 2.56. The Balaban J connectivity index is 2.24. The Kier molecular flexibility index (Phi) is 1.35. The molecule has 1 heterocycles. The summed E-state index contributed by atoms with van der Waals surface area (Å²) >= 11 is 0. The van der Waals surface area contributed by atoms with E-state index < -0.39 is 0 Å². The Morgan fingerprint density at radius 2 is 2.15 bits per heavy atom. The number of rotatable bonds is 0. The van der Waals surface area contributed by atoms with Crippen molar-refractivity contribution in [3.05, 3.63) is 52.6 Å². The average molecular weight is 169 g/mol. The van der Waals surface area contributed by atoms with Crippen molar-refractivity contribution in [3.8, 4) is 0 Å². The van der Waals surface area contributed by atoms with Gasteiger partial charge in [0.25, 0.3) is 0 Å². The van der Waals surface area contributed by atoms with Gasteiger partial charge < -0.3 is 5.32 Å². The summed E-state index contributed by atoms with van der Waals surface area (Å²) in [5.41, 5.74) is 8.71. The Hall–Kier alpha value is -1.46. The van der Waals surface area contributed by atoms with Crippen LogP contribution < -0.4 is 5.32 Å². The highest BCUT2D eigenvalue weighted by Crippen LogP contribution is 2.34. The Morgan fingerprint density at radius 3 is 3.15 bits per heavy atom. The Bertz CT molecular complexity index is 412. The third-order valence-electron chi connectivity index (χ3n) is 2.76. The van der Waals surface area contributed by atoms with E-state index in [0.717, 1.165) is 5.70 Å². The van der Waals surface area contributed by atoms with Gasteiger partial charge in [0.05, 0.1) is 5.70 Å². The normalized spacial score (nSPS) is 23.4. The van der Waals surface area contributed by atoms with Crippen LogP contribution in [0.15, 0.2) is 52.6 Å². The van der Waals surface area contributed by atoms with E-state index in [-0.39, 0.29) is 0 Å². The zero-order chi connectivity index (χ0) is 8.67. The topological polar surface area (TPSA) is 12.0 Å². The van der Waals surface area contributed by atoms with Crippen molar-refractivity contribution >= 4 is 0 Å². The molecule has 0 aromatic carbocycles. The minimum Gasteiger partial charge on any atom is -0.355 e. The maximum atomic E-state index is 3.42. The van der Waals surface area contributed by atoms with E-state index in [0.29, 0.717) is 0 Å². The lowest BCUT2D eigenvalue weighted by Crippen LogP contribution is -2.11. The molecule has 0 spiro atoms. The summed E-state index contributed by atoms with van der Waals surface area (Å²) < 4.78 is 0. The average Bonchev–Trinajstić information content (AvgIpc) is 2.36. The zero-order valence-corrected chi connectivity index (χ0v) is 7.43. The first-order valence-electron chi connectivity index (χ1n) is 4.78. The highest BCUT2D eigenvalue weighted by Gasteiger charge is 2.19. The van der Waals surface area contributed by atoms with E-state index in [1.807, 2.05) is 0 Å². The second-order valence-electron chi connectivity index (χ2n) is 3.63. The van der Waals surface area contributed by atoms with Crippen LogP contribution in [0.4, 0.5) is 0 Å². The third kappa shape index (κ3) is 1.01. The number of hydrogen-bond donors (Lipinski definition) is 1. The summed E-state index contributed by atoms with van der Waals surface area (Å²) in [6.07, 6.45) is 12.2. The molecule has 0 unspecified atom stereocenters. The van der Waals surface area contributed by atoms with Crippen LogP contribution in [0.2, 0.25) is 0 Å². The van der Waals surface area contributed by atoms with Gasteiger partial charge in [-0.05, 0) is 36.5 Å². The monoisotopic (exact) mass is 169 g/mol. The molecule has 2 aliphatic carbocycles. The molecule has 64 valence electrons. The second kappa shape index (κ2) is 2.51. The van der Waals surface area contributed by atoms with Crippen molar-refractivity contribution < 1.29 is 0 Å². The highest BCUT2D eigenvalue weighted by atomic mass is 14.9. The van der Waals surface area contributed by atoms with E-state index >= 15 is 0 Å². The number of allylic oxidation sites excluding steroid dienone is 5. The second-order valence-corrected chi connectivity index (χ2v) is 3.63. The molecule has 0 atom stereocenters. The molecule has 1 heteroatoms. The van der Waals surface area contributed by atoms with Crippen LogP contribution in [0.1, 0.15) is 19.3 Å². The van der Waals surface area contributed by atoms with Gasteiger partial charge >= 0.3 is 0 Å². The molecule has 0 aromatic rings. The smallest absolute Gasteiger partial charge is 0.0819 e.